The first kappa shape index (κ1) is 31.5. The van der Waals surface area contributed by atoms with Crippen LogP contribution in [0.25, 0.3) is 6.08 Å². The molecular weight excluding hydrogens is 547 g/mol. The number of carbonyl (C=O) groups is 1. The van der Waals surface area contributed by atoms with Crippen LogP contribution in [0.15, 0.2) is 77.7 Å². The van der Waals surface area contributed by atoms with E-state index in [0.29, 0.717) is 34.7 Å². The molecule has 7 heteroatoms. The Bertz CT molecular complexity index is 1330. The number of hydrogen-bond acceptors (Lipinski definition) is 6. The predicted octanol–water partition coefficient (Wildman–Crippen LogP) is 8.79. The lowest BCUT2D eigenvalue weighted by Crippen LogP contribution is -2.40. The van der Waals surface area contributed by atoms with Gasteiger partial charge >= 0.3 is 5.97 Å². The van der Waals surface area contributed by atoms with Crippen molar-refractivity contribution in [3.8, 4) is 5.75 Å². The highest BCUT2D eigenvalue weighted by Gasteiger charge is 2.45. The Kier molecular flexibility index (Phi) is 11.4. The van der Waals surface area contributed by atoms with Gasteiger partial charge in [-0.25, -0.2) is 4.79 Å². The summed E-state index contributed by atoms with van der Waals surface area (Å²) in [6.45, 7) is 4.80. The van der Waals surface area contributed by atoms with Crippen LogP contribution in [0.5, 0.6) is 5.75 Å². The van der Waals surface area contributed by atoms with Crippen LogP contribution in [0.4, 0.5) is 15.8 Å². The van der Waals surface area contributed by atoms with Gasteiger partial charge in [-0.1, -0.05) is 69.5 Å². The number of alkyl halides is 1. The molecule has 0 aromatic heterocycles. The van der Waals surface area contributed by atoms with Crippen LogP contribution in [0, 0.1) is 11.3 Å². The van der Waals surface area contributed by atoms with Crippen LogP contribution in [0.1, 0.15) is 75.0 Å². The third-order valence-electron chi connectivity index (χ3n) is 8.57. The molecule has 0 aliphatic heterocycles. The highest BCUT2D eigenvalue weighted by atomic mass is 32.2. The van der Waals surface area contributed by atoms with Gasteiger partial charge in [0.2, 0.25) is 0 Å². The summed E-state index contributed by atoms with van der Waals surface area (Å²) in [6, 6.07) is 21.5. The first-order valence-electron chi connectivity index (χ1n) is 14.9. The summed E-state index contributed by atoms with van der Waals surface area (Å²) in [6.07, 6.45) is 10.3. The number of hydrogen-bond donors (Lipinski definition) is 2. The fourth-order valence-electron chi connectivity index (χ4n) is 6.20. The summed E-state index contributed by atoms with van der Waals surface area (Å²) in [5.41, 5.74) is 15.8. The molecule has 3 aromatic rings. The van der Waals surface area contributed by atoms with E-state index in [0.717, 1.165) is 61.9 Å². The molecule has 0 amide bonds. The Balaban J connectivity index is 1.20. The molecule has 4 rings (SSSR count). The van der Waals surface area contributed by atoms with Gasteiger partial charge in [0.1, 0.15) is 5.75 Å². The molecule has 1 fully saturated rings. The van der Waals surface area contributed by atoms with Crippen molar-refractivity contribution in [2.45, 2.75) is 69.6 Å². The molecule has 3 atom stereocenters. The van der Waals surface area contributed by atoms with Crippen molar-refractivity contribution in [1.82, 2.24) is 0 Å². The maximum absolute atomic E-state index is 14.5. The minimum Gasteiger partial charge on any atom is -0.494 e. The average Bonchev–Trinajstić information content (AvgIpc) is 3.00. The van der Waals surface area contributed by atoms with E-state index in [1.54, 1.807) is 24.3 Å². The first-order chi connectivity index (χ1) is 20.3. The quantitative estimate of drug-likeness (QED) is 0.0895. The number of carbonyl (C=O) groups excluding carboxylic acids is 1. The third kappa shape index (κ3) is 8.09. The molecule has 3 aromatic carbocycles. The fraction of sp³-hybridized carbons (Fsp3) is 0.400. The smallest absolute Gasteiger partial charge is 0.343 e. The molecule has 0 radical (unpaired) electrons. The van der Waals surface area contributed by atoms with Gasteiger partial charge in [-0.3, -0.25) is 4.39 Å². The Morgan fingerprint density at radius 3 is 2.52 bits per heavy atom. The van der Waals surface area contributed by atoms with E-state index >= 15 is 0 Å². The molecule has 1 saturated carbocycles. The van der Waals surface area contributed by atoms with Crippen molar-refractivity contribution in [3.63, 3.8) is 0 Å². The highest BCUT2D eigenvalue weighted by molar-refractivity contribution is 7.95. The van der Waals surface area contributed by atoms with Gasteiger partial charge in [-0.2, -0.15) is 0 Å². The summed E-state index contributed by atoms with van der Waals surface area (Å²) in [5.74, 6) is 1.02. The monoisotopic (exact) mass is 590 g/mol. The van der Waals surface area contributed by atoms with Gasteiger partial charge in [0.05, 0.1) is 35.9 Å². The molecule has 224 valence electrons. The van der Waals surface area contributed by atoms with Crippen LogP contribution in [-0.4, -0.2) is 19.3 Å². The van der Waals surface area contributed by atoms with E-state index < -0.39 is 5.97 Å². The molecule has 42 heavy (non-hydrogen) atoms. The normalized spacial score (nSPS) is 20.5. The Hall–Kier alpha value is -3.45. The van der Waals surface area contributed by atoms with Gasteiger partial charge < -0.3 is 20.4 Å². The van der Waals surface area contributed by atoms with Crippen LogP contribution in [0.2, 0.25) is 0 Å². The second-order valence-corrected chi connectivity index (χ2v) is 12.2. The van der Waals surface area contributed by atoms with E-state index in [1.807, 2.05) is 24.3 Å². The van der Waals surface area contributed by atoms with Gasteiger partial charge in [-0.15, -0.1) is 0 Å². The number of ether oxygens (including phenoxy) is 1. The predicted molar refractivity (Wildman–Crippen MR) is 172 cm³/mol. The van der Waals surface area contributed by atoms with Gasteiger partial charge in [0.15, 0.2) is 0 Å². The number of nitrogen functional groups attached to an aromatic ring is 2. The third-order valence-corrected chi connectivity index (χ3v) is 9.37. The lowest BCUT2D eigenvalue weighted by atomic mass is 9.57. The van der Waals surface area contributed by atoms with Crippen molar-refractivity contribution in [2.24, 2.45) is 11.3 Å². The number of nitrogens with two attached hydrogens (primary N) is 2. The van der Waals surface area contributed by atoms with Crippen molar-refractivity contribution in [3.05, 3.63) is 89.5 Å². The summed E-state index contributed by atoms with van der Waals surface area (Å²) in [7, 11) is 0. The van der Waals surface area contributed by atoms with Crippen LogP contribution < -0.4 is 16.2 Å². The largest absolute Gasteiger partial charge is 0.494 e. The summed E-state index contributed by atoms with van der Waals surface area (Å²) in [4.78, 5) is 12.7. The zero-order valence-corrected chi connectivity index (χ0v) is 25.5. The van der Waals surface area contributed by atoms with Crippen molar-refractivity contribution in [1.29, 1.82) is 0 Å². The average molecular weight is 591 g/mol. The Morgan fingerprint density at radius 2 is 1.83 bits per heavy atom. The molecule has 1 aliphatic carbocycles. The minimum absolute atomic E-state index is 0.219. The standard InChI is InChI=1S/C35H43FN2O3S/c1-3-21-35(24-36)25(2)6-4-8-31(35)28-14-9-26(10-15-28)7-5-22-40-30-17-11-27(12-18-30)13-20-34(39)41-42-33-19-16-29(37)23-32(33)38/h9-20,23,25,31H,3-8,21-22,24,37-38H2,1-2H3/b20-13+. The fourth-order valence-corrected chi connectivity index (χ4v) is 6.71. The van der Waals surface area contributed by atoms with Gasteiger partial charge in [-0.05, 0) is 90.6 Å². The topological polar surface area (TPSA) is 87.6 Å². The summed E-state index contributed by atoms with van der Waals surface area (Å²) >= 11 is 0.905. The number of aryl methyl sites for hydroxylation is 1. The first-order valence-corrected chi connectivity index (χ1v) is 15.7. The van der Waals surface area contributed by atoms with Gasteiger partial charge in [0, 0.05) is 17.2 Å². The lowest BCUT2D eigenvalue weighted by Gasteiger charge is -2.47. The molecule has 0 saturated heterocycles. The van der Waals surface area contributed by atoms with E-state index in [-0.39, 0.29) is 12.1 Å². The van der Waals surface area contributed by atoms with Crippen LogP contribution in [-0.2, 0) is 15.4 Å². The molecule has 1 aliphatic rings. The van der Waals surface area contributed by atoms with E-state index in [2.05, 4.69) is 38.1 Å². The number of anilines is 2. The maximum Gasteiger partial charge on any atom is 0.343 e. The van der Waals surface area contributed by atoms with Crippen molar-refractivity contribution < 1.29 is 18.1 Å². The summed E-state index contributed by atoms with van der Waals surface area (Å²) < 4.78 is 25.6. The molecule has 0 spiro atoms. The summed E-state index contributed by atoms with van der Waals surface area (Å²) in [5, 5.41) is 0. The van der Waals surface area contributed by atoms with E-state index in [4.69, 9.17) is 20.4 Å². The SMILES string of the molecule is CCCC1(CF)C(C)CCCC1c1ccc(CCCOc2ccc(/C=C/C(=O)OSc3ccc(N)cc3N)cc2)cc1. The van der Waals surface area contributed by atoms with Gasteiger partial charge in [0.25, 0.3) is 0 Å². The second-order valence-electron chi connectivity index (χ2n) is 11.4. The molecule has 3 unspecified atom stereocenters. The second kappa shape index (κ2) is 15.1. The van der Waals surface area contributed by atoms with Crippen molar-refractivity contribution in [2.75, 3.05) is 24.7 Å². The van der Waals surface area contributed by atoms with E-state index in [1.165, 1.54) is 23.6 Å². The van der Waals surface area contributed by atoms with Crippen LogP contribution >= 0.6 is 12.0 Å². The van der Waals surface area contributed by atoms with Crippen LogP contribution in [0.3, 0.4) is 0 Å². The Morgan fingerprint density at radius 1 is 1.07 bits per heavy atom. The zero-order valence-electron chi connectivity index (χ0n) is 24.7. The highest BCUT2D eigenvalue weighted by Crippen LogP contribution is 2.53. The maximum atomic E-state index is 14.5. The number of benzene rings is 3. The molecule has 0 heterocycles. The molecule has 5 nitrogen and oxygen atoms in total. The zero-order chi connectivity index (χ0) is 30.0. The lowest BCUT2D eigenvalue weighted by molar-refractivity contribution is -0.127. The minimum atomic E-state index is -0.486. The molecule has 0 bridgehead atoms. The molecular formula is C35H43FN2O3S. The number of halogens is 1. The molecule has 4 N–H and O–H groups in total. The number of rotatable bonds is 13. The Labute approximate surface area is 254 Å². The van der Waals surface area contributed by atoms with E-state index in [9.17, 15) is 9.18 Å². The van der Waals surface area contributed by atoms with Crippen molar-refractivity contribution >= 4 is 35.5 Å².